The lowest BCUT2D eigenvalue weighted by molar-refractivity contribution is 0.278. The summed E-state index contributed by atoms with van der Waals surface area (Å²) in [5, 5.41) is 4.58. The molecule has 0 spiro atoms. The maximum Gasteiger partial charge on any atom is 0.258 e. The minimum Gasteiger partial charge on any atom is -0.336 e. The molecule has 0 aromatic carbocycles. The van der Waals surface area contributed by atoms with Gasteiger partial charge in [0, 0.05) is 13.1 Å². The Morgan fingerprint density at radius 2 is 2.14 bits per heavy atom. The van der Waals surface area contributed by atoms with Gasteiger partial charge in [0.2, 0.25) is 10.0 Å². The number of fused-ring (bicyclic) bond motifs is 1. The average Bonchev–Trinajstić information content (AvgIpc) is 2.97. The fraction of sp³-hybridized carbons (Fsp3) is 0.571. The van der Waals surface area contributed by atoms with Crippen LogP contribution in [0.2, 0.25) is 0 Å². The molecule has 3 rings (SSSR count). The third-order valence-corrected chi connectivity index (χ3v) is 6.12. The monoisotopic (exact) mass is 324 g/mol. The van der Waals surface area contributed by atoms with Crippen LogP contribution in [-0.2, 0) is 16.4 Å². The fourth-order valence-corrected chi connectivity index (χ4v) is 4.23. The van der Waals surface area contributed by atoms with Crippen LogP contribution >= 0.6 is 0 Å². The molecule has 1 fully saturated rings. The normalized spacial score (nSPS) is 18.1. The summed E-state index contributed by atoms with van der Waals surface area (Å²) in [7, 11) is -3.53. The largest absolute Gasteiger partial charge is 0.336 e. The number of aromatic nitrogens is 2. The van der Waals surface area contributed by atoms with Gasteiger partial charge in [0.1, 0.15) is 4.90 Å². The number of rotatable bonds is 4. The number of hydrogen-bond acceptors (Lipinski definition) is 6. The molecule has 0 saturated carbocycles. The second kappa shape index (κ2) is 5.94. The van der Waals surface area contributed by atoms with Gasteiger partial charge in [-0.25, -0.2) is 13.4 Å². The van der Waals surface area contributed by atoms with E-state index in [1.54, 1.807) is 6.07 Å². The average molecular weight is 324 g/mol. The van der Waals surface area contributed by atoms with Crippen molar-refractivity contribution < 1.29 is 12.9 Å². The van der Waals surface area contributed by atoms with Crippen molar-refractivity contribution in [1.82, 2.24) is 14.4 Å². The second-order valence-corrected chi connectivity index (χ2v) is 7.53. The Balaban J connectivity index is 1.92. The SMILES string of the molecule is CCc1noc2ncc(S(=O)(=O)N3CCC(CN)CC3)cc12. The molecule has 7 nitrogen and oxygen atoms in total. The maximum absolute atomic E-state index is 12.8. The standard InChI is InChI=1S/C14H20N4O3S/c1-2-13-12-7-11(9-16-14(12)21-17-13)22(19,20)18-5-3-10(8-15)4-6-18/h7,9-10H,2-6,8,15H2,1H3. The van der Waals surface area contributed by atoms with Crippen LogP contribution in [0.3, 0.4) is 0 Å². The summed E-state index contributed by atoms with van der Waals surface area (Å²) in [6.07, 6.45) is 3.62. The van der Waals surface area contributed by atoms with E-state index in [1.807, 2.05) is 6.92 Å². The van der Waals surface area contributed by atoms with Gasteiger partial charge in [0.05, 0.1) is 17.3 Å². The molecule has 120 valence electrons. The highest BCUT2D eigenvalue weighted by atomic mass is 32.2. The summed E-state index contributed by atoms with van der Waals surface area (Å²) in [6.45, 7) is 3.57. The van der Waals surface area contributed by atoms with Crippen LogP contribution in [0.1, 0.15) is 25.5 Å². The van der Waals surface area contributed by atoms with Crippen molar-refractivity contribution in [3.63, 3.8) is 0 Å². The van der Waals surface area contributed by atoms with E-state index < -0.39 is 10.0 Å². The number of piperidine rings is 1. The van der Waals surface area contributed by atoms with Crippen LogP contribution in [0, 0.1) is 5.92 Å². The second-order valence-electron chi connectivity index (χ2n) is 5.59. The predicted molar refractivity (Wildman–Crippen MR) is 81.7 cm³/mol. The zero-order valence-corrected chi connectivity index (χ0v) is 13.3. The molecule has 2 aromatic heterocycles. The van der Waals surface area contributed by atoms with E-state index in [2.05, 4.69) is 10.1 Å². The Kier molecular flexibility index (Phi) is 4.16. The van der Waals surface area contributed by atoms with E-state index in [4.69, 9.17) is 10.3 Å². The molecule has 0 unspecified atom stereocenters. The topological polar surface area (TPSA) is 102 Å². The molecule has 0 atom stereocenters. The van der Waals surface area contributed by atoms with Crippen LogP contribution in [0.25, 0.3) is 11.1 Å². The van der Waals surface area contributed by atoms with Gasteiger partial charge in [-0.1, -0.05) is 12.1 Å². The molecule has 1 saturated heterocycles. The Bertz CT molecular complexity index is 763. The Morgan fingerprint density at radius 3 is 2.77 bits per heavy atom. The zero-order valence-electron chi connectivity index (χ0n) is 12.5. The van der Waals surface area contributed by atoms with Crippen LogP contribution < -0.4 is 5.73 Å². The first kappa shape index (κ1) is 15.4. The van der Waals surface area contributed by atoms with Gasteiger partial charge in [-0.2, -0.15) is 4.31 Å². The number of sulfonamides is 1. The number of aryl methyl sites for hydroxylation is 1. The lowest BCUT2D eigenvalue weighted by atomic mass is 9.99. The number of nitrogens with two attached hydrogens (primary N) is 1. The highest BCUT2D eigenvalue weighted by Gasteiger charge is 2.29. The first-order chi connectivity index (χ1) is 10.6. The summed E-state index contributed by atoms with van der Waals surface area (Å²) in [4.78, 5) is 4.29. The van der Waals surface area contributed by atoms with E-state index in [1.165, 1.54) is 10.5 Å². The molecule has 0 bridgehead atoms. The van der Waals surface area contributed by atoms with Gasteiger partial charge >= 0.3 is 0 Å². The van der Waals surface area contributed by atoms with Crippen LogP contribution in [0.15, 0.2) is 21.7 Å². The third kappa shape index (κ3) is 2.62. The molecular weight excluding hydrogens is 304 g/mol. The quantitative estimate of drug-likeness (QED) is 0.905. The van der Waals surface area contributed by atoms with Crippen molar-refractivity contribution >= 4 is 21.1 Å². The molecular formula is C14H20N4O3S. The first-order valence-corrected chi connectivity index (χ1v) is 8.94. The van der Waals surface area contributed by atoms with Crippen molar-refractivity contribution in [3.8, 4) is 0 Å². The molecule has 8 heteroatoms. The van der Waals surface area contributed by atoms with E-state index in [0.717, 1.165) is 18.5 Å². The summed E-state index contributed by atoms with van der Waals surface area (Å²) >= 11 is 0. The summed E-state index contributed by atoms with van der Waals surface area (Å²) in [6, 6.07) is 1.61. The van der Waals surface area contributed by atoms with Gasteiger partial charge in [0.25, 0.3) is 5.71 Å². The number of nitrogens with zero attached hydrogens (tertiary/aromatic N) is 3. The molecule has 1 aliphatic heterocycles. The van der Waals surface area contributed by atoms with Crippen LogP contribution in [0.5, 0.6) is 0 Å². The minimum absolute atomic E-state index is 0.198. The summed E-state index contributed by atoms with van der Waals surface area (Å²) < 4.78 is 32.1. The van der Waals surface area contributed by atoms with E-state index in [0.29, 0.717) is 43.1 Å². The summed E-state index contributed by atoms with van der Waals surface area (Å²) in [5.74, 6) is 0.414. The van der Waals surface area contributed by atoms with Crippen molar-refractivity contribution in [2.24, 2.45) is 11.7 Å². The number of hydrogen-bond donors (Lipinski definition) is 1. The van der Waals surface area contributed by atoms with Gasteiger partial charge in [-0.15, -0.1) is 0 Å². The Hall–Kier alpha value is -1.51. The van der Waals surface area contributed by atoms with Crippen molar-refractivity contribution in [2.75, 3.05) is 19.6 Å². The van der Waals surface area contributed by atoms with Crippen molar-refractivity contribution in [2.45, 2.75) is 31.1 Å². The van der Waals surface area contributed by atoms with E-state index in [9.17, 15) is 8.42 Å². The summed E-state index contributed by atoms with van der Waals surface area (Å²) in [5.41, 5.74) is 6.75. The van der Waals surface area contributed by atoms with Crippen LogP contribution in [-0.4, -0.2) is 42.5 Å². The molecule has 22 heavy (non-hydrogen) atoms. The van der Waals surface area contributed by atoms with Crippen molar-refractivity contribution in [3.05, 3.63) is 18.0 Å². The Labute approximate surface area is 129 Å². The predicted octanol–water partition coefficient (Wildman–Crippen LogP) is 1.14. The smallest absolute Gasteiger partial charge is 0.258 e. The van der Waals surface area contributed by atoms with E-state index in [-0.39, 0.29) is 4.90 Å². The van der Waals surface area contributed by atoms with Gasteiger partial charge < -0.3 is 10.3 Å². The number of pyridine rings is 1. The molecule has 0 amide bonds. The lowest BCUT2D eigenvalue weighted by Gasteiger charge is -2.30. The van der Waals surface area contributed by atoms with Gasteiger partial charge in [-0.3, -0.25) is 0 Å². The molecule has 3 heterocycles. The van der Waals surface area contributed by atoms with Gasteiger partial charge in [0.15, 0.2) is 0 Å². The maximum atomic E-state index is 12.8. The minimum atomic E-state index is -3.53. The molecule has 0 aliphatic carbocycles. The highest BCUT2D eigenvalue weighted by molar-refractivity contribution is 7.89. The fourth-order valence-electron chi connectivity index (χ4n) is 2.79. The van der Waals surface area contributed by atoms with E-state index >= 15 is 0 Å². The first-order valence-electron chi connectivity index (χ1n) is 7.50. The lowest BCUT2D eigenvalue weighted by Crippen LogP contribution is -2.40. The zero-order chi connectivity index (χ0) is 15.7. The highest BCUT2D eigenvalue weighted by Crippen LogP contribution is 2.26. The van der Waals surface area contributed by atoms with Crippen molar-refractivity contribution in [1.29, 1.82) is 0 Å². The van der Waals surface area contributed by atoms with Crippen LogP contribution in [0.4, 0.5) is 0 Å². The van der Waals surface area contributed by atoms with Gasteiger partial charge in [-0.05, 0) is 37.8 Å². The Morgan fingerprint density at radius 1 is 1.41 bits per heavy atom. The third-order valence-electron chi connectivity index (χ3n) is 4.26. The molecule has 1 aliphatic rings. The molecule has 2 aromatic rings. The molecule has 2 N–H and O–H groups in total. The molecule has 0 radical (unpaired) electrons.